The van der Waals surface area contributed by atoms with Crippen LogP contribution in [-0.4, -0.2) is 24.9 Å². The van der Waals surface area contributed by atoms with Crippen LogP contribution in [-0.2, 0) is 11.3 Å². The second-order valence-electron chi connectivity index (χ2n) is 4.66. The third-order valence-corrected chi connectivity index (χ3v) is 2.71. The molecule has 2 rings (SSSR count). The van der Waals surface area contributed by atoms with Crippen LogP contribution in [0.1, 0.15) is 18.4 Å². The second-order valence-corrected chi connectivity index (χ2v) is 4.66. The molecule has 1 saturated carbocycles. The van der Waals surface area contributed by atoms with Gasteiger partial charge >= 0.3 is 0 Å². The molecule has 0 bridgehead atoms. The number of amides is 1. The van der Waals surface area contributed by atoms with Gasteiger partial charge in [-0.25, -0.2) is 0 Å². The molecule has 16 heavy (non-hydrogen) atoms. The quantitative estimate of drug-likeness (QED) is 0.839. The lowest BCUT2D eigenvalue weighted by molar-refractivity contribution is -0.117. The highest BCUT2D eigenvalue weighted by atomic mass is 16.2. The van der Waals surface area contributed by atoms with Crippen molar-refractivity contribution in [2.45, 2.75) is 19.4 Å². The molecule has 1 aromatic carbocycles. The van der Waals surface area contributed by atoms with Crippen LogP contribution < -0.4 is 5.32 Å². The number of benzene rings is 1. The minimum Gasteiger partial charge on any atom is -0.326 e. The Morgan fingerprint density at radius 3 is 2.69 bits per heavy atom. The van der Waals surface area contributed by atoms with E-state index in [1.165, 1.54) is 5.56 Å². The average molecular weight is 218 g/mol. The van der Waals surface area contributed by atoms with Crippen LogP contribution in [0.15, 0.2) is 24.3 Å². The van der Waals surface area contributed by atoms with E-state index in [9.17, 15) is 4.79 Å². The van der Waals surface area contributed by atoms with E-state index >= 15 is 0 Å². The van der Waals surface area contributed by atoms with E-state index in [-0.39, 0.29) is 11.8 Å². The number of carbonyl (C=O) groups excluding carboxylic acids is 1. The van der Waals surface area contributed by atoms with Crippen molar-refractivity contribution in [1.29, 1.82) is 0 Å². The van der Waals surface area contributed by atoms with E-state index in [4.69, 9.17) is 0 Å². The largest absolute Gasteiger partial charge is 0.326 e. The SMILES string of the molecule is CN(C)Cc1ccccc1NC(=O)C1CC1. The molecule has 1 aliphatic carbocycles. The number of hydrogen-bond donors (Lipinski definition) is 1. The molecule has 1 N–H and O–H groups in total. The molecular formula is C13H18N2O. The van der Waals surface area contributed by atoms with Gasteiger partial charge in [0.05, 0.1) is 0 Å². The van der Waals surface area contributed by atoms with Gasteiger partial charge in [-0.2, -0.15) is 0 Å². The number of carbonyl (C=O) groups is 1. The number of rotatable bonds is 4. The van der Waals surface area contributed by atoms with Crippen molar-refractivity contribution < 1.29 is 4.79 Å². The summed E-state index contributed by atoms with van der Waals surface area (Å²) >= 11 is 0. The van der Waals surface area contributed by atoms with Crippen LogP contribution in [0.5, 0.6) is 0 Å². The van der Waals surface area contributed by atoms with Crippen LogP contribution >= 0.6 is 0 Å². The third kappa shape index (κ3) is 2.83. The summed E-state index contributed by atoms with van der Waals surface area (Å²) in [4.78, 5) is 13.8. The van der Waals surface area contributed by atoms with Gasteiger partial charge in [0.15, 0.2) is 0 Å². The Kier molecular flexibility index (Phi) is 3.25. The van der Waals surface area contributed by atoms with Crippen molar-refractivity contribution in [3.05, 3.63) is 29.8 Å². The lowest BCUT2D eigenvalue weighted by Crippen LogP contribution is -2.17. The van der Waals surface area contributed by atoms with Gasteiger partial charge in [-0.3, -0.25) is 4.79 Å². The molecule has 1 amide bonds. The lowest BCUT2D eigenvalue weighted by Gasteiger charge is -2.14. The molecule has 0 saturated heterocycles. The summed E-state index contributed by atoms with van der Waals surface area (Å²) in [6.07, 6.45) is 2.09. The van der Waals surface area contributed by atoms with Crippen molar-refractivity contribution in [1.82, 2.24) is 4.90 Å². The number of nitrogens with one attached hydrogen (secondary N) is 1. The highest BCUT2D eigenvalue weighted by Crippen LogP contribution is 2.30. The van der Waals surface area contributed by atoms with Crippen molar-refractivity contribution in [2.75, 3.05) is 19.4 Å². The Balaban J connectivity index is 2.08. The molecular weight excluding hydrogens is 200 g/mol. The first-order valence-electron chi connectivity index (χ1n) is 5.70. The van der Waals surface area contributed by atoms with Crippen LogP contribution in [0, 0.1) is 5.92 Å². The molecule has 3 heteroatoms. The Morgan fingerprint density at radius 2 is 2.06 bits per heavy atom. The molecule has 1 aromatic rings. The van der Waals surface area contributed by atoms with E-state index in [1.807, 2.05) is 32.3 Å². The van der Waals surface area contributed by atoms with Gasteiger partial charge < -0.3 is 10.2 Å². The smallest absolute Gasteiger partial charge is 0.227 e. The average Bonchev–Trinajstić information content (AvgIpc) is 3.03. The van der Waals surface area contributed by atoms with Crippen molar-refractivity contribution >= 4 is 11.6 Å². The van der Waals surface area contributed by atoms with E-state index < -0.39 is 0 Å². The number of nitrogens with zero attached hydrogens (tertiary/aromatic N) is 1. The maximum Gasteiger partial charge on any atom is 0.227 e. The second kappa shape index (κ2) is 4.66. The topological polar surface area (TPSA) is 32.3 Å². The normalized spacial score (nSPS) is 15.2. The highest BCUT2D eigenvalue weighted by molar-refractivity contribution is 5.94. The standard InChI is InChI=1S/C13H18N2O/c1-15(2)9-11-5-3-4-6-12(11)14-13(16)10-7-8-10/h3-6,10H,7-9H2,1-2H3,(H,14,16). The molecule has 3 nitrogen and oxygen atoms in total. The molecule has 0 radical (unpaired) electrons. The summed E-state index contributed by atoms with van der Waals surface area (Å²) in [6.45, 7) is 0.848. The Labute approximate surface area is 96.5 Å². The zero-order chi connectivity index (χ0) is 11.5. The van der Waals surface area contributed by atoms with Crippen LogP contribution in [0.25, 0.3) is 0 Å². The van der Waals surface area contributed by atoms with Crippen molar-refractivity contribution in [2.24, 2.45) is 5.92 Å². The van der Waals surface area contributed by atoms with E-state index in [0.29, 0.717) is 0 Å². The maximum atomic E-state index is 11.7. The minimum absolute atomic E-state index is 0.172. The number of para-hydroxylation sites is 1. The lowest BCUT2D eigenvalue weighted by atomic mass is 10.1. The van der Waals surface area contributed by atoms with Gasteiger partial charge in [0.2, 0.25) is 5.91 Å². The molecule has 0 aliphatic heterocycles. The Bertz CT molecular complexity index is 383. The monoisotopic (exact) mass is 218 g/mol. The zero-order valence-corrected chi connectivity index (χ0v) is 9.86. The van der Waals surface area contributed by atoms with E-state index in [2.05, 4.69) is 16.3 Å². The Hall–Kier alpha value is -1.35. The number of anilines is 1. The van der Waals surface area contributed by atoms with Gasteiger partial charge in [-0.05, 0) is 38.6 Å². The summed E-state index contributed by atoms with van der Waals surface area (Å²) < 4.78 is 0. The van der Waals surface area contributed by atoms with Gasteiger partial charge in [0, 0.05) is 18.2 Å². The van der Waals surface area contributed by atoms with Gasteiger partial charge in [0.1, 0.15) is 0 Å². The minimum atomic E-state index is 0.172. The molecule has 1 fully saturated rings. The van der Waals surface area contributed by atoms with Gasteiger partial charge in [0.25, 0.3) is 0 Å². The molecule has 0 spiro atoms. The molecule has 86 valence electrons. The molecule has 0 heterocycles. The van der Waals surface area contributed by atoms with Crippen LogP contribution in [0.2, 0.25) is 0 Å². The predicted molar refractivity (Wildman–Crippen MR) is 65.2 cm³/mol. The van der Waals surface area contributed by atoms with Crippen molar-refractivity contribution in [3.63, 3.8) is 0 Å². The van der Waals surface area contributed by atoms with E-state index in [1.54, 1.807) is 0 Å². The summed E-state index contributed by atoms with van der Waals surface area (Å²) in [5.74, 6) is 0.429. The molecule has 0 unspecified atom stereocenters. The first-order valence-corrected chi connectivity index (χ1v) is 5.70. The first kappa shape index (κ1) is 11.1. The number of hydrogen-bond acceptors (Lipinski definition) is 2. The van der Waals surface area contributed by atoms with Gasteiger partial charge in [-0.15, -0.1) is 0 Å². The Morgan fingerprint density at radius 1 is 1.38 bits per heavy atom. The fourth-order valence-electron chi connectivity index (χ4n) is 1.70. The highest BCUT2D eigenvalue weighted by Gasteiger charge is 2.29. The summed E-state index contributed by atoms with van der Waals surface area (Å²) in [5, 5.41) is 3.01. The summed E-state index contributed by atoms with van der Waals surface area (Å²) in [7, 11) is 4.05. The maximum absolute atomic E-state index is 11.7. The first-order chi connectivity index (χ1) is 7.66. The van der Waals surface area contributed by atoms with E-state index in [0.717, 1.165) is 25.1 Å². The van der Waals surface area contributed by atoms with Crippen LogP contribution in [0.3, 0.4) is 0 Å². The molecule has 0 aromatic heterocycles. The predicted octanol–water partition coefficient (Wildman–Crippen LogP) is 2.10. The molecule has 1 aliphatic rings. The third-order valence-electron chi connectivity index (χ3n) is 2.71. The van der Waals surface area contributed by atoms with Crippen LogP contribution in [0.4, 0.5) is 5.69 Å². The van der Waals surface area contributed by atoms with Gasteiger partial charge in [-0.1, -0.05) is 18.2 Å². The van der Waals surface area contributed by atoms with Crippen molar-refractivity contribution in [3.8, 4) is 0 Å². The molecule has 0 atom stereocenters. The summed E-state index contributed by atoms with van der Waals surface area (Å²) in [5.41, 5.74) is 2.12. The fraction of sp³-hybridized carbons (Fsp3) is 0.462. The zero-order valence-electron chi connectivity index (χ0n) is 9.86. The fourth-order valence-corrected chi connectivity index (χ4v) is 1.70. The summed E-state index contributed by atoms with van der Waals surface area (Å²) in [6, 6.07) is 7.99.